The molecule has 0 N–H and O–H groups in total. The third-order valence-electron chi connectivity index (χ3n) is 4.62. The minimum atomic E-state index is -0.432. The molecule has 0 fully saturated rings. The van der Waals surface area contributed by atoms with Crippen LogP contribution in [0.2, 0.25) is 0 Å². The van der Waals surface area contributed by atoms with Crippen LogP contribution in [0.4, 0.5) is 0 Å². The number of rotatable bonds is 3. The molecular formula is C21H19N3O2. The van der Waals surface area contributed by atoms with E-state index in [0.717, 1.165) is 38.8 Å². The zero-order chi connectivity index (χ0) is 18.3. The second-order valence-corrected chi connectivity index (χ2v) is 6.45. The van der Waals surface area contributed by atoms with Gasteiger partial charge in [0.05, 0.1) is 18.3 Å². The Morgan fingerprint density at radius 1 is 1.15 bits per heavy atom. The van der Waals surface area contributed by atoms with Gasteiger partial charge >= 0.3 is 5.97 Å². The molecular weight excluding hydrogens is 326 g/mol. The van der Waals surface area contributed by atoms with Gasteiger partial charge in [-0.3, -0.25) is 0 Å². The van der Waals surface area contributed by atoms with E-state index in [4.69, 9.17) is 4.74 Å². The van der Waals surface area contributed by atoms with E-state index in [-0.39, 0.29) is 0 Å². The lowest BCUT2D eigenvalue weighted by atomic mass is 10.1. The molecule has 3 aromatic heterocycles. The number of fused-ring (bicyclic) bond motifs is 3. The Morgan fingerprint density at radius 2 is 1.92 bits per heavy atom. The van der Waals surface area contributed by atoms with Gasteiger partial charge < -0.3 is 9.30 Å². The maximum absolute atomic E-state index is 12.2. The smallest absolute Gasteiger partial charge is 0.356 e. The van der Waals surface area contributed by atoms with Crippen LogP contribution in [0.1, 0.15) is 27.3 Å². The van der Waals surface area contributed by atoms with E-state index in [9.17, 15) is 4.79 Å². The molecule has 130 valence electrons. The van der Waals surface area contributed by atoms with E-state index in [1.54, 1.807) is 6.07 Å². The number of hydrogen-bond donors (Lipinski definition) is 0. The van der Waals surface area contributed by atoms with Crippen LogP contribution in [0.3, 0.4) is 0 Å². The maximum atomic E-state index is 12.2. The molecule has 26 heavy (non-hydrogen) atoms. The monoisotopic (exact) mass is 345 g/mol. The highest BCUT2D eigenvalue weighted by atomic mass is 16.5. The Kier molecular flexibility index (Phi) is 3.92. The van der Waals surface area contributed by atoms with Crippen LogP contribution in [0.5, 0.6) is 0 Å². The number of ether oxygens (including phenoxy) is 1. The first-order chi connectivity index (χ1) is 12.6. The topological polar surface area (TPSA) is 57.0 Å². The summed E-state index contributed by atoms with van der Waals surface area (Å²) in [5.74, 6) is -0.432. The van der Waals surface area contributed by atoms with Gasteiger partial charge in [-0.25, -0.2) is 14.8 Å². The lowest BCUT2D eigenvalue weighted by molar-refractivity contribution is 0.0594. The normalized spacial score (nSPS) is 11.2. The molecule has 5 heteroatoms. The highest BCUT2D eigenvalue weighted by Gasteiger charge is 2.19. The van der Waals surface area contributed by atoms with E-state index in [0.29, 0.717) is 12.1 Å². The number of benzene rings is 1. The molecule has 0 saturated heterocycles. The molecule has 0 atom stereocenters. The number of carbonyl (C=O) groups is 1. The van der Waals surface area contributed by atoms with Crippen molar-refractivity contribution in [2.24, 2.45) is 7.05 Å². The van der Waals surface area contributed by atoms with Crippen molar-refractivity contribution in [1.29, 1.82) is 0 Å². The zero-order valence-electron chi connectivity index (χ0n) is 15.0. The molecule has 3 heterocycles. The summed E-state index contributed by atoms with van der Waals surface area (Å²) in [4.78, 5) is 21.4. The highest BCUT2D eigenvalue weighted by Crippen LogP contribution is 2.31. The van der Waals surface area contributed by atoms with Crippen molar-refractivity contribution < 1.29 is 9.53 Å². The number of carbonyl (C=O) groups excluding carboxylic acids is 1. The molecule has 4 aromatic rings. The van der Waals surface area contributed by atoms with Crippen molar-refractivity contribution in [3.63, 3.8) is 0 Å². The molecule has 5 nitrogen and oxygen atoms in total. The van der Waals surface area contributed by atoms with Crippen molar-refractivity contribution in [1.82, 2.24) is 14.5 Å². The highest BCUT2D eigenvalue weighted by molar-refractivity contribution is 6.09. The molecule has 0 aliphatic carbocycles. The Hall–Kier alpha value is -3.21. The molecule has 0 aliphatic heterocycles. The van der Waals surface area contributed by atoms with Crippen molar-refractivity contribution >= 4 is 27.9 Å². The average molecular weight is 345 g/mol. The lowest BCUT2D eigenvalue weighted by Gasteiger charge is -2.08. The Balaban J connectivity index is 2.04. The Labute approximate surface area is 151 Å². The fraction of sp³-hybridized carbons (Fsp3) is 0.190. The first kappa shape index (κ1) is 16.3. The molecule has 0 bridgehead atoms. The van der Waals surface area contributed by atoms with Crippen molar-refractivity contribution in [3.8, 4) is 0 Å². The van der Waals surface area contributed by atoms with Crippen LogP contribution < -0.4 is 0 Å². The molecule has 4 rings (SSSR count). The molecule has 0 radical (unpaired) electrons. The van der Waals surface area contributed by atoms with Gasteiger partial charge in [0.15, 0.2) is 0 Å². The van der Waals surface area contributed by atoms with E-state index in [1.807, 2.05) is 38.4 Å². The number of methoxy groups -OCH3 is 1. The maximum Gasteiger partial charge on any atom is 0.356 e. The minimum Gasteiger partial charge on any atom is -0.464 e. The summed E-state index contributed by atoms with van der Waals surface area (Å²) < 4.78 is 6.96. The molecule has 0 saturated carbocycles. The van der Waals surface area contributed by atoms with Gasteiger partial charge in [0, 0.05) is 30.4 Å². The number of aryl methyl sites for hydroxylation is 2. The van der Waals surface area contributed by atoms with Gasteiger partial charge in [0.1, 0.15) is 11.3 Å². The molecule has 0 aliphatic rings. The summed E-state index contributed by atoms with van der Waals surface area (Å²) >= 11 is 0. The van der Waals surface area contributed by atoms with E-state index >= 15 is 0 Å². The third kappa shape index (κ3) is 2.62. The summed E-state index contributed by atoms with van der Waals surface area (Å²) in [6, 6.07) is 14.0. The van der Waals surface area contributed by atoms with E-state index in [2.05, 4.69) is 32.7 Å². The molecule has 1 aromatic carbocycles. The van der Waals surface area contributed by atoms with Crippen molar-refractivity contribution in [3.05, 3.63) is 71.2 Å². The number of hydrogen-bond acceptors (Lipinski definition) is 4. The standard InChI is InChI=1S/C21H19N3O2/c1-13-9-16-15-11-18(21(25)26-3)23-17(10-14-7-5-4-6-8-14)19(15)24(2)20(16)22-12-13/h4-9,11-12H,10H2,1-3H3. The fourth-order valence-electron chi connectivity index (χ4n) is 3.43. The molecule has 0 unspecified atom stereocenters. The van der Waals surface area contributed by atoms with Crippen molar-refractivity contribution in [2.45, 2.75) is 13.3 Å². The average Bonchev–Trinajstić information content (AvgIpc) is 2.94. The fourth-order valence-corrected chi connectivity index (χ4v) is 3.43. The second-order valence-electron chi connectivity index (χ2n) is 6.45. The predicted molar refractivity (Wildman–Crippen MR) is 101 cm³/mol. The second kappa shape index (κ2) is 6.26. The number of esters is 1. The SMILES string of the molecule is COC(=O)c1cc2c3cc(C)cnc3n(C)c2c(Cc2ccccc2)n1. The third-order valence-corrected chi connectivity index (χ3v) is 4.62. The van der Waals surface area contributed by atoms with Gasteiger partial charge in [-0.05, 0) is 30.2 Å². The van der Waals surface area contributed by atoms with Gasteiger partial charge in [0.2, 0.25) is 0 Å². The first-order valence-electron chi connectivity index (χ1n) is 8.45. The Morgan fingerprint density at radius 3 is 2.65 bits per heavy atom. The summed E-state index contributed by atoms with van der Waals surface area (Å²) in [5.41, 5.74) is 5.24. The Bertz CT molecular complexity index is 1130. The van der Waals surface area contributed by atoms with Gasteiger partial charge in [-0.2, -0.15) is 0 Å². The van der Waals surface area contributed by atoms with Gasteiger partial charge in [0.25, 0.3) is 0 Å². The van der Waals surface area contributed by atoms with E-state index in [1.165, 1.54) is 7.11 Å². The van der Waals surface area contributed by atoms with E-state index < -0.39 is 5.97 Å². The quantitative estimate of drug-likeness (QED) is 0.530. The van der Waals surface area contributed by atoms with Crippen LogP contribution in [-0.2, 0) is 18.2 Å². The minimum absolute atomic E-state index is 0.319. The number of aromatic nitrogens is 3. The number of nitrogens with zero attached hydrogens (tertiary/aromatic N) is 3. The van der Waals surface area contributed by atoms with Crippen LogP contribution in [-0.4, -0.2) is 27.6 Å². The lowest BCUT2D eigenvalue weighted by Crippen LogP contribution is -2.08. The van der Waals surface area contributed by atoms with Crippen LogP contribution >= 0.6 is 0 Å². The van der Waals surface area contributed by atoms with Crippen molar-refractivity contribution in [2.75, 3.05) is 7.11 Å². The summed E-state index contributed by atoms with van der Waals surface area (Å²) in [6.45, 7) is 2.01. The molecule has 0 spiro atoms. The van der Waals surface area contributed by atoms with Crippen LogP contribution in [0.25, 0.3) is 21.9 Å². The first-order valence-corrected chi connectivity index (χ1v) is 8.45. The van der Waals surface area contributed by atoms with Gasteiger partial charge in [-0.1, -0.05) is 30.3 Å². The predicted octanol–water partition coefficient (Wildman–Crippen LogP) is 3.81. The zero-order valence-corrected chi connectivity index (χ0v) is 15.0. The van der Waals surface area contributed by atoms with Crippen LogP contribution in [0, 0.1) is 6.92 Å². The molecule has 0 amide bonds. The largest absolute Gasteiger partial charge is 0.464 e. The number of pyridine rings is 2. The summed E-state index contributed by atoms with van der Waals surface area (Å²) in [6.07, 6.45) is 2.48. The summed E-state index contributed by atoms with van der Waals surface area (Å²) in [7, 11) is 3.36. The van der Waals surface area contributed by atoms with Gasteiger partial charge in [-0.15, -0.1) is 0 Å². The summed E-state index contributed by atoms with van der Waals surface area (Å²) in [5, 5.41) is 1.99. The van der Waals surface area contributed by atoms with Crippen LogP contribution in [0.15, 0.2) is 48.7 Å².